The molecule has 0 aliphatic heterocycles. The summed E-state index contributed by atoms with van der Waals surface area (Å²) < 4.78 is 10.2. The molecule has 0 saturated heterocycles. The van der Waals surface area contributed by atoms with Crippen LogP contribution in [0.15, 0.2) is 24.3 Å². The molecule has 0 radical (unpaired) electrons. The fourth-order valence-electron chi connectivity index (χ4n) is 1.35. The van der Waals surface area contributed by atoms with Crippen LogP contribution in [0.25, 0.3) is 0 Å². The Kier molecular flexibility index (Phi) is 2.90. The van der Waals surface area contributed by atoms with E-state index in [1.54, 1.807) is 0 Å². The Bertz CT molecular complexity index is 356. The molecule has 3 heteroatoms. The van der Waals surface area contributed by atoms with Crippen LogP contribution in [0.1, 0.15) is 18.4 Å². The third-order valence-electron chi connectivity index (χ3n) is 2.30. The summed E-state index contributed by atoms with van der Waals surface area (Å²) in [6.45, 7) is 0. The summed E-state index contributed by atoms with van der Waals surface area (Å²) in [6, 6.07) is 7.61. The van der Waals surface area contributed by atoms with Crippen LogP contribution >= 0.6 is 0 Å². The van der Waals surface area contributed by atoms with Crippen molar-refractivity contribution in [1.82, 2.24) is 0 Å². The lowest BCUT2D eigenvalue weighted by Gasteiger charge is -2.06. The van der Waals surface area contributed by atoms with Crippen molar-refractivity contribution < 1.29 is 14.3 Å². The van der Waals surface area contributed by atoms with E-state index in [4.69, 9.17) is 4.74 Å². The summed E-state index contributed by atoms with van der Waals surface area (Å²) in [5.41, 5.74) is 0.931. The second kappa shape index (κ2) is 4.34. The lowest BCUT2D eigenvalue weighted by atomic mass is 10.1. The van der Waals surface area contributed by atoms with Gasteiger partial charge in [-0.25, -0.2) is 0 Å². The van der Waals surface area contributed by atoms with E-state index in [1.165, 1.54) is 7.11 Å². The minimum absolute atomic E-state index is 0.224. The highest BCUT2D eigenvalue weighted by atomic mass is 16.5. The third kappa shape index (κ3) is 2.98. The molecular formula is C12H14O3. The van der Waals surface area contributed by atoms with Gasteiger partial charge in [-0.3, -0.25) is 4.79 Å². The van der Waals surface area contributed by atoms with Gasteiger partial charge in [0, 0.05) is 0 Å². The Morgan fingerprint density at radius 3 is 2.93 bits per heavy atom. The van der Waals surface area contributed by atoms with Gasteiger partial charge in [0.1, 0.15) is 5.75 Å². The first-order valence-electron chi connectivity index (χ1n) is 5.10. The van der Waals surface area contributed by atoms with E-state index in [1.807, 2.05) is 24.3 Å². The van der Waals surface area contributed by atoms with Gasteiger partial charge < -0.3 is 9.47 Å². The topological polar surface area (TPSA) is 35.5 Å². The molecule has 0 N–H and O–H groups in total. The van der Waals surface area contributed by atoms with Crippen molar-refractivity contribution >= 4 is 5.97 Å². The van der Waals surface area contributed by atoms with Gasteiger partial charge in [0.15, 0.2) is 0 Å². The van der Waals surface area contributed by atoms with Gasteiger partial charge in [-0.05, 0) is 30.5 Å². The molecule has 0 atom stereocenters. The average molecular weight is 206 g/mol. The summed E-state index contributed by atoms with van der Waals surface area (Å²) in [7, 11) is 1.40. The lowest BCUT2D eigenvalue weighted by Crippen LogP contribution is -2.04. The van der Waals surface area contributed by atoms with E-state index in [9.17, 15) is 4.79 Å². The third-order valence-corrected chi connectivity index (χ3v) is 2.30. The van der Waals surface area contributed by atoms with Crippen LogP contribution in [0.5, 0.6) is 5.75 Å². The highest BCUT2D eigenvalue weighted by Crippen LogP contribution is 2.27. The number of hydrogen-bond acceptors (Lipinski definition) is 3. The Morgan fingerprint density at radius 1 is 1.47 bits per heavy atom. The predicted molar refractivity (Wildman–Crippen MR) is 55.8 cm³/mol. The summed E-state index contributed by atoms with van der Waals surface area (Å²) in [6.07, 6.45) is 2.97. The summed E-state index contributed by atoms with van der Waals surface area (Å²) in [5.74, 6) is 0.623. The summed E-state index contributed by atoms with van der Waals surface area (Å²) >= 11 is 0. The number of esters is 1. The monoisotopic (exact) mass is 206 g/mol. The van der Waals surface area contributed by atoms with Crippen molar-refractivity contribution in [3.05, 3.63) is 29.8 Å². The second-order valence-electron chi connectivity index (χ2n) is 3.72. The fraction of sp³-hybridized carbons (Fsp3) is 0.417. The molecule has 1 fully saturated rings. The van der Waals surface area contributed by atoms with E-state index in [0.29, 0.717) is 12.5 Å². The van der Waals surface area contributed by atoms with Gasteiger partial charge in [-0.2, -0.15) is 0 Å². The zero-order chi connectivity index (χ0) is 10.7. The van der Waals surface area contributed by atoms with Crippen LogP contribution in [0.2, 0.25) is 0 Å². The molecule has 15 heavy (non-hydrogen) atoms. The Labute approximate surface area is 89.0 Å². The first kappa shape index (κ1) is 10.0. The van der Waals surface area contributed by atoms with E-state index in [2.05, 4.69) is 4.74 Å². The smallest absolute Gasteiger partial charge is 0.309 e. The van der Waals surface area contributed by atoms with E-state index < -0.39 is 0 Å². The molecule has 1 aromatic rings. The van der Waals surface area contributed by atoms with Crippen LogP contribution < -0.4 is 4.74 Å². The van der Waals surface area contributed by atoms with Crippen molar-refractivity contribution in [2.45, 2.75) is 25.4 Å². The zero-order valence-corrected chi connectivity index (χ0v) is 8.73. The minimum Gasteiger partial charge on any atom is -0.490 e. The van der Waals surface area contributed by atoms with Gasteiger partial charge in [-0.1, -0.05) is 12.1 Å². The number of carbonyl (C=O) groups excluding carboxylic acids is 1. The Hall–Kier alpha value is -1.51. The molecular weight excluding hydrogens is 192 g/mol. The molecule has 1 aliphatic rings. The lowest BCUT2D eigenvalue weighted by molar-refractivity contribution is -0.139. The maximum atomic E-state index is 11.1. The molecule has 3 nitrogen and oxygen atoms in total. The molecule has 2 rings (SSSR count). The number of methoxy groups -OCH3 is 1. The molecule has 1 aromatic carbocycles. The van der Waals surface area contributed by atoms with Crippen LogP contribution in [0, 0.1) is 0 Å². The van der Waals surface area contributed by atoms with Crippen molar-refractivity contribution in [3.8, 4) is 5.75 Å². The number of benzene rings is 1. The number of rotatable bonds is 4. The molecule has 0 amide bonds. The van der Waals surface area contributed by atoms with E-state index >= 15 is 0 Å². The number of carbonyl (C=O) groups is 1. The normalized spacial score (nSPS) is 14.7. The van der Waals surface area contributed by atoms with Crippen LogP contribution in [-0.2, 0) is 16.0 Å². The molecule has 0 bridgehead atoms. The summed E-state index contributed by atoms with van der Waals surface area (Å²) in [4.78, 5) is 11.1. The Balaban J connectivity index is 2.00. The van der Waals surface area contributed by atoms with Gasteiger partial charge >= 0.3 is 5.97 Å². The molecule has 0 heterocycles. The molecule has 1 saturated carbocycles. The standard InChI is InChI=1S/C12H14O3/c1-14-12(13)8-9-3-2-4-11(7-9)15-10-5-6-10/h2-4,7,10H,5-6,8H2,1H3. The van der Waals surface area contributed by atoms with Crippen LogP contribution in [0.4, 0.5) is 0 Å². The number of ether oxygens (including phenoxy) is 2. The quantitative estimate of drug-likeness (QED) is 0.706. The largest absolute Gasteiger partial charge is 0.490 e. The molecule has 0 unspecified atom stereocenters. The molecule has 80 valence electrons. The molecule has 0 aromatic heterocycles. The number of hydrogen-bond donors (Lipinski definition) is 0. The van der Waals surface area contributed by atoms with Gasteiger partial charge in [0.2, 0.25) is 0 Å². The van der Waals surface area contributed by atoms with E-state index in [0.717, 1.165) is 24.2 Å². The van der Waals surface area contributed by atoms with E-state index in [-0.39, 0.29) is 5.97 Å². The van der Waals surface area contributed by atoms with Crippen molar-refractivity contribution in [2.75, 3.05) is 7.11 Å². The first-order chi connectivity index (χ1) is 7.28. The molecule has 0 spiro atoms. The minimum atomic E-state index is -0.224. The van der Waals surface area contributed by atoms with Gasteiger partial charge in [0.05, 0.1) is 19.6 Å². The Morgan fingerprint density at radius 2 is 2.27 bits per heavy atom. The maximum Gasteiger partial charge on any atom is 0.309 e. The van der Waals surface area contributed by atoms with Crippen molar-refractivity contribution in [2.24, 2.45) is 0 Å². The maximum absolute atomic E-state index is 11.1. The highest BCUT2D eigenvalue weighted by Gasteiger charge is 2.23. The molecule has 1 aliphatic carbocycles. The second-order valence-corrected chi connectivity index (χ2v) is 3.72. The predicted octanol–water partition coefficient (Wildman–Crippen LogP) is 1.94. The van der Waals surface area contributed by atoms with Gasteiger partial charge in [-0.15, -0.1) is 0 Å². The SMILES string of the molecule is COC(=O)Cc1cccc(OC2CC2)c1. The van der Waals surface area contributed by atoms with Crippen molar-refractivity contribution in [3.63, 3.8) is 0 Å². The highest BCUT2D eigenvalue weighted by molar-refractivity contribution is 5.72. The fourth-order valence-corrected chi connectivity index (χ4v) is 1.35. The average Bonchev–Trinajstić information content (AvgIpc) is 3.02. The van der Waals surface area contributed by atoms with Crippen LogP contribution in [-0.4, -0.2) is 19.2 Å². The summed E-state index contributed by atoms with van der Waals surface area (Å²) in [5, 5.41) is 0. The van der Waals surface area contributed by atoms with Crippen LogP contribution in [0.3, 0.4) is 0 Å². The zero-order valence-electron chi connectivity index (χ0n) is 8.73. The first-order valence-corrected chi connectivity index (χ1v) is 5.10. The van der Waals surface area contributed by atoms with Gasteiger partial charge in [0.25, 0.3) is 0 Å². The van der Waals surface area contributed by atoms with Crippen molar-refractivity contribution in [1.29, 1.82) is 0 Å².